The van der Waals surface area contributed by atoms with Crippen molar-refractivity contribution in [1.82, 2.24) is 81.8 Å². The summed E-state index contributed by atoms with van der Waals surface area (Å²) in [4.78, 5) is 47.1. The zero-order valence-electron chi connectivity index (χ0n) is 79.9. The molecule has 8 aromatic heterocycles. The molecule has 29 nitrogen and oxygen atoms in total. The summed E-state index contributed by atoms with van der Waals surface area (Å²) in [6.07, 6.45) is 17.5. The van der Waals surface area contributed by atoms with Gasteiger partial charge < -0.3 is 77.9 Å². The van der Waals surface area contributed by atoms with Gasteiger partial charge in [0.05, 0.1) is 43.9 Å². The van der Waals surface area contributed by atoms with Gasteiger partial charge in [0.25, 0.3) is 23.6 Å². The van der Waals surface area contributed by atoms with Crippen LogP contribution >= 0.6 is 11.6 Å². The minimum atomic E-state index is -0.675. The van der Waals surface area contributed by atoms with Gasteiger partial charge in [0.15, 0.2) is 29.1 Å². The Bertz CT molecular complexity index is 6040. The third-order valence-electron chi connectivity index (χ3n) is 28.4. The molecule has 8 aliphatic rings. The Kier molecular flexibility index (Phi) is 29.9. The average Bonchev–Trinajstić information content (AvgIpc) is 1.24. The van der Waals surface area contributed by atoms with Gasteiger partial charge in [-0.25, -0.2) is 33.1 Å². The molecule has 8 saturated heterocycles. The number of fused-ring (bicyclic) bond motifs is 4. The topological polar surface area (TPSA) is 329 Å². The number of nitrogens with zero attached hydrogens (tertiary/aromatic N) is 17. The predicted octanol–water partition coefficient (Wildman–Crippen LogP) is 18.2. The van der Waals surface area contributed by atoms with Crippen molar-refractivity contribution in [2.24, 2.45) is 0 Å². The van der Waals surface area contributed by atoms with Crippen molar-refractivity contribution in [3.63, 3.8) is 0 Å². The molecule has 134 heavy (non-hydrogen) atoms. The van der Waals surface area contributed by atoms with Crippen LogP contribution in [0.1, 0.15) is 205 Å². The van der Waals surface area contributed by atoms with Crippen LogP contribution < -0.4 is 40.9 Å². The van der Waals surface area contributed by atoms with Gasteiger partial charge in [-0.15, -0.1) is 0 Å². The standard InChI is InChI=1S/C26H34ClN5O2.C26H32N6O2.C25H32FN5O2.C24H29F2N5O2/c1-5-18-13-21-16(3)23(26-28-17(4)31-34-26)25(30-24(21)22(27)14-18)32-9-6-20(12-15(32)2)29-19-7-10-33-11-8-19;1-15-11-19(14-27)24-22(12-15)17(3)23(26-28-18(4)31-34-26)25(30-24)32-8-5-21(13-16(32)2)29-20-6-9-33-10-7-20;1-14-11-20-16(3)22(25-27-17(4)30-33-25)24(29-23(20)21(26)12-14)31-8-5-19(13-15(31)2)28-18-6-9-32-10-7-18;1-13-10-18(28-17-5-8-32-9-6-17)4-7-31(13)23-21(24-27-15(3)30-33-24)14(2)19-11-16(25)12-20(26)22(19)29-23/h13-15,19-20,29H,5-12H2,1-4H3;11-12,16,20-21,29H,5-10,13H2,1-4H3;11-12,15,18-19,28H,5-10,13H2,1-4H3;11-13,17-18,28H,4-10H2,1-3H3/t15-,20-;16-,21-;15-,19-;13-,18-/m1111/s1. The van der Waals surface area contributed by atoms with E-state index in [-0.39, 0.29) is 29.5 Å². The van der Waals surface area contributed by atoms with Gasteiger partial charge in [-0.2, -0.15) is 25.2 Å². The Balaban J connectivity index is 0.000000124. The SMILES string of the molecule is CCc1cc(Cl)c2nc(N3CC[C@@H](NC4CCOCC4)C[C@H]3C)c(-c3nc(C)no3)c(C)c2c1.Cc1cc(C#N)c2nc(N3CC[C@@H](NC4CCOCC4)C[C@H]3C)c(-c3nc(C)no3)c(C)c2c1.Cc1cc(F)c2nc(N3CC[C@@H](NC4CCOCC4)C[C@H]3C)c(-c3nc(C)no3)c(C)c2c1.Cc1noc(-c2c(N3CC[C@@H](NC4CCOCC4)C[C@H]3C)nc3c(F)cc(F)cc3c2C)n1. The molecule has 0 amide bonds. The van der Waals surface area contributed by atoms with E-state index >= 15 is 0 Å². The molecular formula is C101H127ClF3N21O8. The van der Waals surface area contributed by atoms with Crippen molar-refractivity contribution in [1.29, 1.82) is 5.26 Å². The molecule has 712 valence electrons. The molecule has 33 heteroatoms. The summed E-state index contributed by atoms with van der Waals surface area (Å²) >= 11 is 6.74. The molecule has 0 saturated carbocycles. The molecule has 4 N–H and O–H groups in total. The molecule has 20 rings (SSSR count). The van der Waals surface area contributed by atoms with E-state index in [2.05, 4.69) is 148 Å². The van der Waals surface area contributed by atoms with Crippen molar-refractivity contribution in [3.05, 3.63) is 139 Å². The average molecular weight is 1860 g/mol. The second-order valence-corrected chi connectivity index (χ2v) is 38.6. The first-order valence-corrected chi connectivity index (χ1v) is 48.6. The molecule has 8 aliphatic heterocycles. The van der Waals surface area contributed by atoms with E-state index in [1.54, 1.807) is 19.9 Å². The molecule has 0 aliphatic carbocycles. The molecule has 0 unspecified atom stereocenters. The Hall–Kier alpha value is -10.5. The number of aryl methyl sites for hydroxylation is 11. The summed E-state index contributed by atoms with van der Waals surface area (Å²) in [5, 5.41) is 45.1. The molecule has 0 spiro atoms. The zero-order chi connectivity index (χ0) is 93.9. The molecule has 0 radical (unpaired) electrons. The van der Waals surface area contributed by atoms with Crippen LogP contribution in [0.5, 0.6) is 0 Å². The van der Waals surface area contributed by atoms with Crippen LogP contribution in [0.15, 0.2) is 66.6 Å². The van der Waals surface area contributed by atoms with Crippen LogP contribution in [0.25, 0.3) is 89.4 Å². The summed E-state index contributed by atoms with van der Waals surface area (Å²) in [5.74, 6) is 5.45. The lowest BCUT2D eigenvalue weighted by molar-refractivity contribution is 0.0731. The van der Waals surface area contributed by atoms with Gasteiger partial charge in [0.1, 0.15) is 52.0 Å². The highest BCUT2D eigenvalue weighted by Crippen LogP contribution is 2.46. The molecule has 12 aromatic rings. The number of nitrogens with one attached hydrogen (secondary N) is 4. The Morgan fingerprint density at radius 1 is 0.358 bits per heavy atom. The summed E-state index contributed by atoms with van der Waals surface area (Å²) in [7, 11) is 0. The fourth-order valence-corrected chi connectivity index (χ4v) is 21.6. The molecule has 16 heterocycles. The van der Waals surface area contributed by atoms with Crippen LogP contribution in [0.3, 0.4) is 0 Å². The van der Waals surface area contributed by atoms with Crippen molar-refractivity contribution in [3.8, 4) is 51.9 Å². The Morgan fingerprint density at radius 2 is 0.649 bits per heavy atom. The predicted molar refractivity (Wildman–Crippen MR) is 514 cm³/mol. The Labute approximate surface area is 786 Å². The molecule has 0 bridgehead atoms. The minimum absolute atomic E-state index is 0.151. The summed E-state index contributed by atoms with van der Waals surface area (Å²) < 4.78 is 88.1. The molecule has 8 atom stereocenters. The third-order valence-corrected chi connectivity index (χ3v) is 28.6. The van der Waals surface area contributed by atoms with Crippen LogP contribution in [0.2, 0.25) is 5.02 Å². The maximum absolute atomic E-state index is 15.0. The highest BCUT2D eigenvalue weighted by Gasteiger charge is 2.39. The van der Waals surface area contributed by atoms with Crippen LogP contribution in [0, 0.1) is 98.0 Å². The first-order valence-electron chi connectivity index (χ1n) is 48.2. The fraction of sp³-hybridized carbons (Fsp3) is 0.554. The van der Waals surface area contributed by atoms with Gasteiger partial charge in [0, 0.05) is 179 Å². The van der Waals surface area contributed by atoms with Crippen LogP contribution in [-0.2, 0) is 25.4 Å². The summed E-state index contributed by atoms with van der Waals surface area (Å²) in [5.41, 5.74) is 12.7. The molecule has 4 aromatic carbocycles. The number of halogens is 4. The van der Waals surface area contributed by atoms with Gasteiger partial charge in [-0.05, 0) is 287 Å². The van der Waals surface area contributed by atoms with Crippen LogP contribution in [0.4, 0.5) is 36.4 Å². The number of nitriles is 1. The monoisotopic (exact) mass is 1850 g/mol. The second-order valence-electron chi connectivity index (χ2n) is 38.2. The Morgan fingerprint density at radius 3 is 0.955 bits per heavy atom. The number of aromatic nitrogens is 12. The normalized spacial score (nSPS) is 22.0. The highest BCUT2D eigenvalue weighted by atomic mass is 35.5. The number of pyridine rings is 4. The molecular weight excluding hydrogens is 1730 g/mol. The van der Waals surface area contributed by atoms with Crippen LogP contribution in [-0.4, -0.2) is 212 Å². The lowest BCUT2D eigenvalue weighted by Gasteiger charge is -2.41. The number of hydrogen-bond donors (Lipinski definition) is 4. The van der Waals surface area contributed by atoms with E-state index in [4.69, 9.17) is 68.6 Å². The maximum atomic E-state index is 15.0. The van der Waals surface area contributed by atoms with E-state index in [0.717, 1.165) is 283 Å². The number of hydrogen-bond acceptors (Lipinski definition) is 29. The third kappa shape index (κ3) is 21.1. The molecule has 8 fully saturated rings. The number of piperidine rings is 4. The van der Waals surface area contributed by atoms with Crippen molar-refractivity contribution in [2.45, 2.75) is 286 Å². The van der Waals surface area contributed by atoms with Gasteiger partial charge in [-0.3, -0.25) is 0 Å². The first kappa shape index (κ1) is 95.3. The quantitative estimate of drug-likeness (QED) is 0.0658. The van der Waals surface area contributed by atoms with Crippen molar-refractivity contribution < 1.29 is 50.2 Å². The van der Waals surface area contributed by atoms with E-state index in [1.165, 1.54) is 11.6 Å². The summed E-state index contributed by atoms with van der Waals surface area (Å²) in [6, 6.07) is 21.2. The van der Waals surface area contributed by atoms with Crippen molar-refractivity contribution in [2.75, 3.05) is 98.6 Å². The lowest BCUT2D eigenvalue weighted by atomic mass is 9.94. The largest absolute Gasteiger partial charge is 0.381 e. The van der Waals surface area contributed by atoms with E-state index < -0.39 is 11.6 Å². The number of ether oxygens (including phenoxy) is 4. The second kappa shape index (κ2) is 42.0. The zero-order valence-corrected chi connectivity index (χ0v) is 80.7. The van der Waals surface area contributed by atoms with E-state index in [9.17, 15) is 18.4 Å². The minimum Gasteiger partial charge on any atom is -0.381 e. The number of anilines is 4. The van der Waals surface area contributed by atoms with Gasteiger partial charge >= 0.3 is 0 Å². The number of benzene rings is 4. The van der Waals surface area contributed by atoms with Crippen molar-refractivity contribution >= 4 is 78.5 Å². The summed E-state index contributed by atoms with van der Waals surface area (Å²) in [6.45, 7) is 40.2. The lowest BCUT2D eigenvalue weighted by Crippen LogP contribution is -2.51. The van der Waals surface area contributed by atoms with Gasteiger partial charge in [-0.1, -0.05) is 39.2 Å². The highest BCUT2D eigenvalue weighted by molar-refractivity contribution is 6.35. The smallest absolute Gasteiger partial charge is 0.261 e. The van der Waals surface area contributed by atoms with Gasteiger partial charge in [0.2, 0.25) is 0 Å². The fourth-order valence-electron chi connectivity index (χ4n) is 21.3. The van der Waals surface area contributed by atoms with E-state index in [1.807, 2.05) is 59.7 Å². The first-order chi connectivity index (χ1) is 64.7. The number of rotatable bonds is 17. The van der Waals surface area contributed by atoms with E-state index in [0.29, 0.717) is 140 Å². The maximum Gasteiger partial charge on any atom is 0.261 e.